The minimum Gasteiger partial charge on any atom is -0.462 e. The van der Waals surface area contributed by atoms with Crippen LogP contribution in [0.2, 0.25) is 0 Å². The Morgan fingerprint density at radius 3 is 0.708 bits per heavy atom. The smallest absolute Gasteiger partial charge is 0.462 e. The van der Waals surface area contributed by atoms with Gasteiger partial charge in [-0.05, 0) is 43.4 Å². The molecule has 0 aromatic rings. The molecule has 2 unspecified atom stereocenters. The van der Waals surface area contributed by atoms with E-state index in [1.807, 2.05) is 0 Å². The van der Waals surface area contributed by atoms with Crippen molar-refractivity contribution in [1.82, 2.24) is 0 Å². The van der Waals surface area contributed by atoms with Crippen LogP contribution in [0.25, 0.3) is 0 Å². The normalized spacial score (nSPS) is 14.1. The van der Waals surface area contributed by atoms with Crippen LogP contribution in [0.4, 0.5) is 0 Å². The van der Waals surface area contributed by atoms with Crippen LogP contribution in [0, 0.1) is 17.8 Å². The Bertz CT molecular complexity index is 1870. The fourth-order valence-corrected chi connectivity index (χ4v) is 13.4. The minimum absolute atomic E-state index is 0.105. The average Bonchev–Trinajstić information content (AvgIpc) is 1.20. The number of carbonyl (C=O) groups is 4. The lowest BCUT2D eigenvalue weighted by Gasteiger charge is -2.21. The van der Waals surface area contributed by atoms with Gasteiger partial charge < -0.3 is 33.8 Å². The molecule has 0 saturated heterocycles. The number of aliphatic hydroxyl groups is 1. The minimum atomic E-state index is -4.96. The first-order chi connectivity index (χ1) is 46.2. The molecule has 0 saturated carbocycles. The van der Waals surface area contributed by atoms with E-state index >= 15 is 0 Å². The summed E-state index contributed by atoms with van der Waals surface area (Å²) in [5, 5.41) is 10.6. The highest BCUT2D eigenvalue weighted by atomic mass is 31.2. The highest BCUT2D eigenvalue weighted by molar-refractivity contribution is 7.47. The number of ether oxygens (including phenoxy) is 4. The first-order valence-corrected chi connectivity index (χ1v) is 42.8. The number of hydrogen-bond acceptors (Lipinski definition) is 15. The predicted molar refractivity (Wildman–Crippen MR) is 391 cm³/mol. The number of aliphatic hydroxyl groups excluding tert-OH is 1. The van der Waals surface area contributed by atoms with E-state index in [2.05, 4.69) is 48.5 Å². The molecule has 0 aliphatic heterocycles. The van der Waals surface area contributed by atoms with Crippen molar-refractivity contribution in [2.75, 3.05) is 39.6 Å². The zero-order valence-electron chi connectivity index (χ0n) is 62.8. The molecular weight excluding hydrogens is 1260 g/mol. The van der Waals surface area contributed by atoms with Crippen molar-refractivity contribution in [3.05, 3.63) is 0 Å². The zero-order valence-corrected chi connectivity index (χ0v) is 64.6. The third-order valence-electron chi connectivity index (χ3n) is 17.9. The fourth-order valence-electron chi connectivity index (χ4n) is 11.8. The fraction of sp³-hybridized carbons (Fsp3) is 0.948. The van der Waals surface area contributed by atoms with Gasteiger partial charge in [-0.25, -0.2) is 9.13 Å². The van der Waals surface area contributed by atoms with Gasteiger partial charge in [0.15, 0.2) is 12.2 Å². The number of rotatable bonds is 75. The van der Waals surface area contributed by atoms with Crippen molar-refractivity contribution in [2.24, 2.45) is 17.8 Å². The maximum Gasteiger partial charge on any atom is 0.472 e. The number of esters is 4. The molecule has 0 amide bonds. The van der Waals surface area contributed by atoms with Crippen molar-refractivity contribution in [3.8, 4) is 0 Å². The third kappa shape index (κ3) is 70.5. The lowest BCUT2D eigenvalue weighted by Crippen LogP contribution is -2.30. The summed E-state index contributed by atoms with van der Waals surface area (Å²) < 4.78 is 68.6. The van der Waals surface area contributed by atoms with Gasteiger partial charge in [0.05, 0.1) is 26.4 Å². The summed E-state index contributed by atoms with van der Waals surface area (Å²) in [6, 6.07) is 0. The number of carbonyl (C=O) groups excluding carboxylic acids is 4. The van der Waals surface area contributed by atoms with Crippen molar-refractivity contribution < 1.29 is 80.2 Å². The van der Waals surface area contributed by atoms with Gasteiger partial charge in [-0.1, -0.05) is 344 Å². The quantitative estimate of drug-likeness (QED) is 0.0222. The number of phosphoric ester groups is 2. The van der Waals surface area contributed by atoms with Gasteiger partial charge in [0, 0.05) is 25.7 Å². The van der Waals surface area contributed by atoms with Gasteiger partial charge in [0.2, 0.25) is 0 Å². The summed E-state index contributed by atoms with van der Waals surface area (Å²) in [4.78, 5) is 72.9. The van der Waals surface area contributed by atoms with E-state index in [0.29, 0.717) is 25.7 Å². The Morgan fingerprint density at radius 1 is 0.281 bits per heavy atom. The molecule has 0 aliphatic carbocycles. The summed E-state index contributed by atoms with van der Waals surface area (Å²) >= 11 is 0. The van der Waals surface area contributed by atoms with Crippen LogP contribution >= 0.6 is 15.6 Å². The van der Waals surface area contributed by atoms with Crippen LogP contribution < -0.4 is 0 Å². The van der Waals surface area contributed by atoms with Crippen LogP contribution in [0.15, 0.2) is 0 Å². The standard InChI is InChI=1S/C77H150O17P2/c1-8-9-10-11-12-13-14-15-16-17-18-19-24-30-39-46-53-60-76(81)93-72(64-87-74(79)58-51-44-37-29-23-21-20-22-27-34-41-48-55-68(2)3)66-91-95(83,84)89-62-71(78)63-90-96(85,86)92-67-73(65-88-75(80)59-52-45-38-33-32-36-43-50-57-70(6)7)94-77(82)61-54-47-40-31-26-25-28-35-42-49-56-69(4)5/h68-73,78H,8-67H2,1-7H3,(H,83,84)(H,85,86)/t71-,72-,73-/m1/s1. The molecule has 0 spiro atoms. The predicted octanol–water partition coefficient (Wildman–Crippen LogP) is 22.6. The molecule has 19 heteroatoms. The molecule has 0 aliphatic rings. The average molecular weight is 1410 g/mol. The van der Waals surface area contributed by atoms with Crippen LogP contribution in [0.5, 0.6) is 0 Å². The maximum absolute atomic E-state index is 13.1. The molecule has 5 atom stereocenters. The summed E-state index contributed by atoms with van der Waals surface area (Å²) in [6.45, 7) is 11.9. The molecule has 0 aromatic carbocycles. The highest BCUT2D eigenvalue weighted by Gasteiger charge is 2.30. The zero-order chi connectivity index (χ0) is 70.9. The molecule has 17 nitrogen and oxygen atoms in total. The molecule has 0 radical (unpaired) electrons. The van der Waals surface area contributed by atoms with Crippen LogP contribution in [0.1, 0.15) is 395 Å². The molecule has 3 N–H and O–H groups in total. The first-order valence-electron chi connectivity index (χ1n) is 39.8. The maximum atomic E-state index is 13.1. The highest BCUT2D eigenvalue weighted by Crippen LogP contribution is 2.45. The Kier molecular flexibility index (Phi) is 66.2. The van der Waals surface area contributed by atoms with Crippen molar-refractivity contribution in [3.63, 3.8) is 0 Å². The molecule has 0 rings (SSSR count). The third-order valence-corrected chi connectivity index (χ3v) is 19.8. The SMILES string of the molecule is CCCCCCCCCCCCCCCCCCCC(=O)O[C@H](COC(=O)CCCCCCCCCCCCCCC(C)C)COP(=O)(O)OC[C@@H](O)COP(=O)(O)OC[C@@H](COC(=O)CCCCCCCCCCC(C)C)OC(=O)CCCCCCCCCCCCC(C)C. The van der Waals surface area contributed by atoms with E-state index in [0.717, 1.165) is 108 Å². The van der Waals surface area contributed by atoms with E-state index < -0.39 is 97.5 Å². The van der Waals surface area contributed by atoms with Crippen LogP contribution in [0.3, 0.4) is 0 Å². The van der Waals surface area contributed by atoms with Crippen molar-refractivity contribution >= 4 is 39.5 Å². The molecule has 0 aromatic heterocycles. The summed E-state index contributed by atoms with van der Waals surface area (Å²) in [7, 11) is -9.91. The topological polar surface area (TPSA) is 237 Å². The number of hydrogen-bond donors (Lipinski definition) is 3. The Morgan fingerprint density at radius 2 is 0.479 bits per heavy atom. The van der Waals surface area contributed by atoms with E-state index in [-0.39, 0.29) is 25.7 Å². The molecular formula is C77H150O17P2. The van der Waals surface area contributed by atoms with Gasteiger partial charge in [-0.2, -0.15) is 0 Å². The van der Waals surface area contributed by atoms with E-state index in [1.165, 1.54) is 205 Å². The van der Waals surface area contributed by atoms with Crippen molar-refractivity contribution in [1.29, 1.82) is 0 Å². The molecule has 0 bridgehead atoms. The van der Waals surface area contributed by atoms with E-state index in [4.69, 9.17) is 37.0 Å². The van der Waals surface area contributed by atoms with E-state index in [1.54, 1.807) is 0 Å². The largest absolute Gasteiger partial charge is 0.472 e. The van der Waals surface area contributed by atoms with Gasteiger partial charge in [0.1, 0.15) is 19.3 Å². The molecule has 0 fully saturated rings. The second-order valence-corrected chi connectivity index (χ2v) is 32.1. The van der Waals surface area contributed by atoms with Gasteiger partial charge >= 0.3 is 39.5 Å². The Labute approximate surface area is 588 Å². The number of phosphoric acid groups is 2. The lowest BCUT2D eigenvalue weighted by atomic mass is 10.0. The molecule has 570 valence electrons. The second kappa shape index (κ2) is 67.5. The van der Waals surface area contributed by atoms with Crippen molar-refractivity contribution in [2.45, 2.75) is 414 Å². The lowest BCUT2D eigenvalue weighted by molar-refractivity contribution is -0.161. The van der Waals surface area contributed by atoms with E-state index in [9.17, 15) is 43.2 Å². The summed E-state index contributed by atoms with van der Waals surface area (Å²) in [6.07, 6.45) is 54.1. The molecule has 96 heavy (non-hydrogen) atoms. The number of unbranched alkanes of at least 4 members (excludes halogenated alkanes) is 43. The Balaban J connectivity index is 5.26. The Hall–Kier alpha value is -1.94. The second-order valence-electron chi connectivity index (χ2n) is 29.2. The molecule has 0 heterocycles. The van der Waals surface area contributed by atoms with Crippen LogP contribution in [-0.4, -0.2) is 96.7 Å². The van der Waals surface area contributed by atoms with Gasteiger partial charge in [0.25, 0.3) is 0 Å². The van der Waals surface area contributed by atoms with Gasteiger partial charge in [-0.15, -0.1) is 0 Å². The monoisotopic (exact) mass is 1410 g/mol. The summed E-state index contributed by atoms with van der Waals surface area (Å²) in [5.74, 6) is 0.144. The van der Waals surface area contributed by atoms with Gasteiger partial charge in [-0.3, -0.25) is 37.3 Å². The first kappa shape index (κ1) is 94.1. The van der Waals surface area contributed by atoms with Crippen LogP contribution in [-0.2, 0) is 65.4 Å². The summed E-state index contributed by atoms with van der Waals surface area (Å²) in [5.41, 5.74) is 0.